The molecule has 0 heterocycles. The van der Waals surface area contributed by atoms with Crippen molar-refractivity contribution >= 4 is 0 Å². The third kappa shape index (κ3) is 3.76. The van der Waals surface area contributed by atoms with Crippen molar-refractivity contribution in [3.63, 3.8) is 0 Å². The van der Waals surface area contributed by atoms with E-state index in [0.717, 1.165) is 31.6 Å². The second kappa shape index (κ2) is 6.87. The summed E-state index contributed by atoms with van der Waals surface area (Å²) in [6.45, 7) is 15.2. The molecular weight excluding hydrogens is 196 g/mol. The largest absolute Gasteiger partial charge is 0.314 e. The molecule has 0 bridgehead atoms. The lowest BCUT2D eigenvalue weighted by molar-refractivity contribution is 0.0800. The molecule has 2 atom stereocenters. The quantitative estimate of drug-likeness (QED) is 0.635. The first-order valence-corrected chi connectivity index (χ1v) is 6.38. The summed E-state index contributed by atoms with van der Waals surface area (Å²) in [5.41, 5.74) is 0. The third-order valence-electron chi connectivity index (χ3n) is 3.36. The maximum atomic E-state index is 3.83. The van der Waals surface area contributed by atoms with E-state index in [2.05, 4.69) is 37.2 Å². The second-order valence-electron chi connectivity index (χ2n) is 5.00. The molecule has 1 rings (SSSR count). The van der Waals surface area contributed by atoms with E-state index in [1.807, 2.05) is 12.2 Å². The minimum Gasteiger partial charge on any atom is -0.314 e. The van der Waals surface area contributed by atoms with Gasteiger partial charge in [-0.15, -0.1) is 13.2 Å². The van der Waals surface area contributed by atoms with Gasteiger partial charge in [0, 0.05) is 25.2 Å². The molecule has 2 heteroatoms. The molecule has 1 fully saturated rings. The summed E-state index contributed by atoms with van der Waals surface area (Å²) in [5.74, 6) is 0.808. The summed E-state index contributed by atoms with van der Waals surface area (Å²) in [7, 11) is 0. The van der Waals surface area contributed by atoms with E-state index in [4.69, 9.17) is 0 Å². The van der Waals surface area contributed by atoms with Crippen LogP contribution in [0.5, 0.6) is 0 Å². The van der Waals surface area contributed by atoms with Crippen LogP contribution in [-0.4, -0.2) is 36.6 Å². The Labute approximate surface area is 100 Å². The number of rotatable bonds is 8. The Morgan fingerprint density at radius 3 is 2.25 bits per heavy atom. The molecule has 0 radical (unpaired) electrons. The molecular formula is C14H26N2. The average molecular weight is 222 g/mol. The Morgan fingerprint density at radius 1 is 1.25 bits per heavy atom. The first-order chi connectivity index (χ1) is 7.69. The van der Waals surface area contributed by atoms with Crippen molar-refractivity contribution in [1.29, 1.82) is 0 Å². The molecule has 2 nitrogen and oxygen atoms in total. The van der Waals surface area contributed by atoms with Gasteiger partial charge in [-0.1, -0.05) is 26.0 Å². The van der Waals surface area contributed by atoms with Crippen LogP contribution in [0.1, 0.15) is 26.7 Å². The maximum Gasteiger partial charge on any atom is 0.0166 e. The first-order valence-electron chi connectivity index (χ1n) is 6.38. The molecule has 0 aromatic heterocycles. The Bertz CT molecular complexity index is 213. The number of nitrogens with zero attached hydrogens (tertiary/aromatic N) is 1. The summed E-state index contributed by atoms with van der Waals surface area (Å²) in [5, 5.41) is 3.54. The van der Waals surface area contributed by atoms with Gasteiger partial charge in [0.15, 0.2) is 0 Å². The summed E-state index contributed by atoms with van der Waals surface area (Å²) in [4.78, 5) is 2.48. The fourth-order valence-corrected chi connectivity index (χ4v) is 2.33. The van der Waals surface area contributed by atoms with E-state index in [1.54, 1.807) is 0 Å². The van der Waals surface area contributed by atoms with Crippen LogP contribution in [0.2, 0.25) is 0 Å². The topological polar surface area (TPSA) is 15.3 Å². The zero-order chi connectivity index (χ0) is 12.0. The lowest BCUT2D eigenvalue weighted by Crippen LogP contribution is -2.51. The first kappa shape index (κ1) is 13.5. The average Bonchev–Trinajstić information content (AvgIpc) is 2.16. The van der Waals surface area contributed by atoms with Gasteiger partial charge in [-0.2, -0.15) is 0 Å². The van der Waals surface area contributed by atoms with Crippen molar-refractivity contribution in [3.05, 3.63) is 25.3 Å². The second-order valence-corrected chi connectivity index (χ2v) is 5.00. The maximum absolute atomic E-state index is 3.83. The summed E-state index contributed by atoms with van der Waals surface area (Å²) >= 11 is 0. The molecule has 2 unspecified atom stereocenters. The molecule has 16 heavy (non-hydrogen) atoms. The van der Waals surface area contributed by atoms with Crippen LogP contribution in [0.15, 0.2) is 25.3 Å². The number of hydrogen-bond acceptors (Lipinski definition) is 2. The van der Waals surface area contributed by atoms with Crippen molar-refractivity contribution in [1.82, 2.24) is 10.2 Å². The normalized spacial score (nSPS) is 24.5. The van der Waals surface area contributed by atoms with Crippen LogP contribution >= 0.6 is 0 Å². The highest BCUT2D eigenvalue weighted by Crippen LogP contribution is 2.31. The molecule has 0 aromatic carbocycles. The molecule has 0 saturated heterocycles. The van der Waals surface area contributed by atoms with Crippen molar-refractivity contribution < 1.29 is 0 Å². The van der Waals surface area contributed by atoms with Crippen molar-refractivity contribution in [3.8, 4) is 0 Å². The van der Waals surface area contributed by atoms with Gasteiger partial charge in [-0.05, 0) is 25.3 Å². The molecule has 0 amide bonds. The minimum absolute atomic E-state index is 0.591. The fraction of sp³-hybridized carbons (Fsp3) is 0.714. The standard InChI is InChI=1S/C14H26N2/c1-5-9-16(10-6-2)14-8-7-13(14)11-15-12(3)4/h5-6,12-15H,1-2,7-11H2,3-4H3. The summed E-state index contributed by atoms with van der Waals surface area (Å²) in [6, 6.07) is 1.32. The van der Waals surface area contributed by atoms with Gasteiger partial charge in [-0.3, -0.25) is 4.90 Å². The SMILES string of the molecule is C=CCN(CC=C)C1CCC1CNC(C)C. The summed E-state index contributed by atoms with van der Waals surface area (Å²) in [6.07, 6.45) is 6.67. The zero-order valence-electron chi connectivity index (χ0n) is 10.8. The van der Waals surface area contributed by atoms with Crippen LogP contribution in [0, 0.1) is 5.92 Å². The fourth-order valence-electron chi connectivity index (χ4n) is 2.33. The van der Waals surface area contributed by atoms with Gasteiger partial charge in [-0.25, -0.2) is 0 Å². The molecule has 1 aliphatic carbocycles. The van der Waals surface area contributed by atoms with Crippen LogP contribution in [0.3, 0.4) is 0 Å². The third-order valence-corrected chi connectivity index (χ3v) is 3.36. The van der Waals surface area contributed by atoms with Crippen LogP contribution in [-0.2, 0) is 0 Å². The van der Waals surface area contributed by atoms with Gasteiger partial charge in [0.1, 0.15) is 0 Å². The van der Waals surface area contributed by atoms with Gasteiger partial charge in [0.25, 0.3) is 0 Å². The zero-order valence-corrected chi connectivity index (χ0v) is 10.8. The van der Waals surface area contributed by atoms with Crippen LogP contribution in [0.4, 0.5) is 0 Å². The molecule has 1 aliphatic rings. The highest BCUT2D eigenvalue weighted by molar-refractivity contribution is 4.94. The Balaban J connectivity index is 2.38. The van der Waals surface area contributed by atoms with E-state index in [1.165, 1.54) is 12.8 Å². The number of nitrogens with one attached hydrogen (secondary N) is 1. The van der Waals surface area contributed by atoms with Crippen molar-refractivity contribution in [2.24, 2.45) is 5.92 Å². The van der Waals surface area contributed by atoms with E-state index >= 15 is 0 Å². The monoisotopic (exact) mass is 222 g/mol. The van der Waals surface area contributed by atoms with Crippen molar-refractivity contribution in [2.75, 3.05) is 19.6 Å². The molecule has 0 aromatic rings. The van der Waals surface area contributed by atoms with E-state index in [0.29, 0.717) is 6.04 Å². The molecule has 0 spiro atoms. The predicted molar refractivity (Wildman–Crippen MR) is 71.6 cm³/mol. The Kier molecular flexibility index (Phi) is 5.78. The smallest absolute Gasteiger partial charge is 0.0166 e. The molecule has 1 saturated carbocycles. The lowest BCUT2D eigenvalue weighted by Gasteiger charge is -2.44. The van der Waals surface area contributed by atoms with Gasteiger partial charge < -0.3 is 5.32 Å². The summed E-state index contributed by atoms with van der Waals surface area (Å²) < 4.78 is 0. The minimum atomic E-state index is 0.591. The van der Waals surface area contributed by atoms with E-state index in [-0.39, 0.29) is 0 Å². The van der Waals surface area contributed by atoms with Crippen LogP contribution in [0.25, 0.3) is 0 Å². The van der Waals surface area contributed by atoms with Crippen LogP contribution < -0.4 is 5.32 Å². The molecule has 0 aliphatic heterocycles. The highest BCUT2D eigenvalue weighted by Gasteiger charge is 2.34. The lowest BCUT2D eigenvalue weighted by atomic mass is 9.78. The van der Waals surface area contributed by atoms with E-state index < -0.39 is 0 Å². The Hall–Kier alpha value is -0.600. The molecule has 1 N–H and O–H groups in total. The van der Waals surface area contributed by atoms with Gasteiger partial charge >= 0.3 is 0 Å². The Morgan fingerprint density at radius 2 is 1.88 bits per heavy atom. The molecule has 92 valence electrons. The van der Waals surface area contributed by atoms with Gasteiger partial charge in [0.05, 0.1) is 0 Å². The number of hydrogen-bond donors (Lipinski definition) is 1. The van der Waals surface area contributed by atoms with Gasteiger partial charge in [0.2, 0.25) is 0 Å². The highest BCUT2D eigenvalue weighted by atomic mass is 15.2. The van der Waals surface area contributed by atoms with E-state index in [9.17, 15) is 0 Å². The predicted octanol–water partition coefficient (Wildman–Crippen LogP) is 2.44. The van der Waals surface area contributed by atoms with Crippen molar-refractivity contribution in [2.45, 2.75) is 38.8 Å².